The number of nitrogens with one attached hydrogen (secondary N) is 3. The second kappa shape index (κ2) is 11.5. The van der Waals surface area contributed by atoms with Crippen molar-refractivity contribution < 1.29 is 4.79 Å². The van der Waals surface area contributed by atoms with Crippen LogP contribution in [-0.2, 0) is 13.1 Å². The third-order valence-corrected chi connectivity index (χ3v) is 3.94. The van der Waals surface area contributed by atoms with Gasteiger partial charge in [-0.1, -0.05) is 36.4 Å². The number of halogens is 1. The summed E-state index contributed by atoms with van der Waals surface area (Å²) in [6.07, 6.45) is 0. The van der Waals surface area contributed by atoms with Gasteiger partial charge in [0.2, 0.25) is 0 Å². The molecular formula is C20H27IN4O. The number of carbonyl (C=O) groups is 1. The van der Waals surface area contributed by atoms with Crippen LogP contribution in [0.15, 0.2) is 53.5 Å². The maximum atomic E-state index is 11.8. The Morgan fingerprint density at radius 2 is 1.62 bits per heavy atom. The van der Waals surface area contributed by atoms with E-state index in [9.17, 15) is 4.79 Å². The van der Waals surface area contributed by atoms with Crippen molar-refractivity contribution in [1.82, 2.24) is 16.0 Å². The van der Waals surface area contributed by atoms with E-state index in [1.54, 1.807) is 7.05 Å². The Morgan fingerprint density at radius 3 is 2.23 bits per heavy atom. The summed E-state index contributed by atoms with van der Waals surface area (Å²) >= 11 is 0. The molecule has 0 bridgehead atoms. The minimum atomic E-state index is -0.0438. The number of nitrogens with zero attached hydrogens (tertiary/aromatic N) is 1. The van der Waals surface area contributed by atoms with Gasteiger partial charge in [-0.15, -0.1) is 24.0 Å². The maximum Gasteiger partial charge on any atom is 0.251 e. The van der Waals surface area contributed by atoms with Crippen LogP contribution in [0.1, 0.15) is 34.0 Å². The van der Waals surface area contributed by atoms with Gasteiger partial charge in [0.05, 0.1) is 0 Å². The van der Waals surface area contributed by atoms with Crippen LogP contribution in [0.5, 0.6) is 0 Å². The third kappa shape index (κ3) is 6.67. The van der Waals surface area contributed by atoms with E-state index in [-0.39, 0.29) is 29.9 Å². The van der Waals surface area contributed by atoms with Crippen molar-refractivity contribution in [3.8, 4) is 0 Å². The summed E-state index contributed by atoms with van der Waals surface area (Å²) in [5.74, 6) is 0.703. The molecule has 2 aromatic rings. The summed E-state index contributed by atoms with van der Waals surface area (Å²) in [5.41, 5.74) is 4.27. The van der Waals surface area contributed by atoms with Crippen LogP contribution in [0, 0.1) is 6.92 Å². The molecule has 26 heavy (non-hydrogen) atoms. The highest BCUT2D eigenvalue weighted by Gasteiger charge is 2.04. The molecule has 6 heteroatoms. The van der Waals surface area contributed by atoms with Crippen molar-refractivity contribution in [2.45, 2.75) is 26.9 Å². The molecule has 0 fully saturated rings. The fourth-order valence-electron chi connectivity index (χ4n) is 2.43. The van der Waals surface area contributed by atoms with Crippen LogP contribution in [0.3, 0.4) is 0 Å². The van der Waals surface area contributed by atoms with E-state index < -0.39 is 0 Å². The van der Waals surface area contributed by atoms with Gasteiger partial charge in [-0.05, 0) is 42.7 Å². The average molecular weight is 466 g/mol. The summed E-state index contributed by atoms with van der Waals surface area (Å²) < 4.78 is 0. The van der Waals surface area contributed by atoms with Crippen LogP contribution < -0.4 is 16.0 Å². The molecule has 5 nitrogen and oxygen atoms in total. The van der Waals surface area contributed by atoms with Crippen molar-refractivity contribution in [1.29, 1.82) is 0 Å². The molecular weight excluding hydrogens is 439 g/mol. The number of amides is 1. The van der Waals surface area contributed by atoms with Crippen LogP contribution in [-0.4, -0.2) is 25.5 Å². The van der Waals surface area contributed by atoms with Crippen molar-refractivity contribution in [3.05, 3.63) is 70.8 Å². The Balaban J connectivity index is 0.00000338. The molecule has 0 heterocycles. The van der Waals surface area contributed by atoms with E-state index in [4.69, 9.17) is 0 Å². The van der Waals surface area contributed by atoms with E-state index in [1.165, 1.54) is 11.1 Å². The molecule has 0 saturated heterocycles. The fourth-order valence-corrected chi connectivity index (χ4v) is 2.43. The quantitative estimate of drug-likeness (QED) is 0.348. The molecule has 0 saturated carbocycles. The van der Waals surface area contributed by atoms with E-state index >= 15 is 0 Å². The highest BCUT2D eigenvalue weighted by Crippen LogP contribution is 2.06. The highest BCUT2D eigenvalue weighted by molar-refractivity contribution is 14.0. The predicted octanol–water partition coefficient (Wildman–Crippen LogP) is 3.23. The Kier molecular flexibility index (Phi) is 9.72. The number of guanidine groups is 1. The fraction of sp³-hybridized carbons (Fsp3) is 0.300. The zero-order valence-corrected chi connectivity index (χ0v) is 17.8. The first-order chi connectivity index (χ1) is 12.1. The van der Waals surface area contributed by atoms with E-state index in [0.717, 1.165) is 18.1 Å². The Hall–Kier alpha value is -2.09. The zero-order chi connectivity index (χ0) is 18.1. The lowest BCUT2D eigenvalue weighted by Crippen LogP contribution is -2.36. The Labute approximate surface area is 172 Å². The first-order valence-electron chi connectivity index (χ1n) is 8.50. The van der Waals surface area contributed by atoms with E-state index in [2.05, 4.69) is 40.0 Å². The number of rotatable bonds is 6. The molecule has 0 atom stereocenters. The van der Waals surface area contributed by atoms with Gasteiger partial charge in [-0.3, -0.25) is 9.79 Å². The molecule has 0 spiro atoms. The molecule has 140 valence electrons. The smallest absolute Gasteiger partial charge is 0.251 e. The molecule has 0 aliphatic carbocycles. The van der Waals surface area contributed by atoms with Gasteiger partial charge in [0, 0.05) is 32.2 Å². The van der Waals surface area contributed by atoms with Gasteiger partial charge in [0.1, 0.15) is 0 Å². The number of carbonyl (C=O) groups excluding carboxylic acids is 1. The molecule has 0 aliphatic heterocycles. The van der Waals surface area contributed by atoms with Crippen molar-refractivity contribution in [2.24, 2.45) is 4.99 Å². The monoisotopic (exact) mass is 466 g/mol. The maximum absolute atomic E-state index is 11.8. The topological polar surface area (TPSA) is 65.5 Å². The third-order valence-electron chi connectivity index (χ3n) is 3.94. The number of benzene rings is 2. The lowest BCUT2D eigenvalue weighted by atomic mass is 10.1. The zero-order valence-electron chi connectivity index (χ0n) is 15.5. The van der Waals surface area contributed by atoms with Crippen LogP contribution in [0.4, 0.5) is 0 Å². The molecule has 0 radical (unpaired) electrons. The van der Waals surface area contributed by atoms with E-state index in [1.807, 2.05) is 43.3 Å². The number of aliphatic imine (C=N–C) groups is 1. The standard InChI is InChI=1S/C20H26N4O.HI/c1-4-22-19(25)17-11-9-16(10-12-17)13-23-20(21-3)24-14-18-8-6-5-7-15(18)2;/h5-12H,4,13-14H2,1-3H3,(H,22,25)(H2,21,23,24);1H. The predicted molar refractivity (Wildman–Crippen MR) is 118 cm³/mol. The van der Waals surface area contributed by atoms with Crippen molar-refractivity contribution in [3.63, 3.8) is 0 Å². The van der Waals surface area contributed by atoms with Gasteiger partial charge < -0.3 is 16.0 Å². The molecule has 3 N–H and O–H groups in total. The molecule has 0 aromatic heterocycles. The molecule has 0 unspecified atom stereocenters. The van der Waals surface area contributed by atoms with Gasteiger partial charge in [0.25, 0.3) is 5.91 Å². The van der Waals surface area contributed by atoms with E-state index in [0.29, 0.717) is 18.7 Å². The van der Waals surface area contributed by atoms with Gasteiger partial charge in [-0.25, -0.2) is 0 Å². The number of aryl methyl sites for hydroxylation is 1. The summed E-state index contributed by atoms with van der Waals surface area (Å²) in [7, 11) is 1.76. The van der Waals surface area contributed by atoms with Crippen LogP contribution in [0.2, 0.25) is 0 Å². The first-order valence-corrected chi connectivity index (χ1v) is 8.50. The minimum absolute atomic E-state index is 0. The summed E-state index contributed by atoms with van der Waals surface area (Å²) in [6.45, 7) is 6.01. The van der Waals surface area contributed by atoms with Gasteiger partial charge in [-0.2, -0.15) is 0 Å². The Bertz CT molecular complexity index is 729. The second-order valence-electron chi connectivity index (χ2n) is 5.76. The lowest BCUT2D eigenvalue weighted by molar-refractivity contribution is 0.0956. The van der Waals surface area contributed by atoms with Gasteiger partial charge >= 0.3 is 0 Å². The SMILES string of the molecule is CCNC(=O)c1ccc(CNC(=NC)NCc2ccccc2C)cc1.I. The van der Waals surface area contributed by atoms with Gasteiger partial charge in [0.15, 0.2) is 5.96 Å². The molecule has 0 aliphatic rings. The summed E-state index contributed by atoms with van der Waals surface area (Å²) in [5, 5.41) is 9.40. The first kappa shape index (κ1) is 22.0. The number of hydrogen-bond donors (Lipinski definition) is 3. The second-order valence-corrected chi connectivity index (χ2v) is 5.76. The van der Waals surface area contributed by atoms with Crippen LogP contribution >= 0.6 is 24.0 Å². The largest absolute Gasteiger partial charge is 0.352 e. The highest BCUT2D eigenvalue weighted by atomic mass is 127. The molecule has 1 amide bonds. The average Bonchev–Trinajstić information content (AvgIpc) is 2.64. The summed E-state index contributed by atoms with van der Waals surface area (Å²) in [4.78, 5) is 16.0. The number of hydrogen-bond acceptors (Lipinski definition) is 2. The molecule has 2 aromatic carbocycles. The summed E-state index contributed by atoms with van der Waals surface area (Å²) in [6, 6.07) is 15.9. The van der Waals surface area contributed by atoms with Crippen LogP contribution in [0.25, 0.3) is 0 Å². The van der Waals surface area contributed by atoms with Crippen molar-refractivity contribution in [2.75, 3.05) is 13.6 Å². The normalized spacial score (nSPS) is 10.7. The minimum Gasteiger partial charge on any atom is -0.352 e. The van der Waals surface area contributed by atoms with Crippen molar-refractivity contribution >= 4 is 35.8 Å². The molecule has 2 rings (SSSR count). The Morgan fingerprint density at radius 1 is 0.962 bits per heavy atom. The lowest BCUT2D eigenvalue weighted by Gasteiger charge is -2.13.